The number of hydrogen-bond donors (Lipinski definition) is 1. The van der Waals surface area contributed by atoms with Gasteiger partial charge in [0.25, 0.3) is 0 Å². The summed E-state index contributed by atoms with van der Waals surface area (Å²) in [6, 6.07) is 6.13. The highest BCUT2D eigenvalue weighted by molar-refractivity contribution is 5.76. The van der Waals surface area contributed by atoms with Crippen molar-refractivity contribution in [2.24, 2.45) is 0 Å². The van der Waals surface area contributed by atoms with Gasteiger partial charge in [-0.2, -0.15) is 13.2 Å². The van der Waals surface area contributed by atoms with E-state index in [0.717, 1.165) is 5.56 Å². The molecule has 1 fully saturated rings. The Labute approximate surface area is 131 Å². The second kappa shape index (κ2) is 6.37. The normalized spacial score (nSPS) is 25.5. The lowest BCUT2D eigenvalue weighted by Crippen LogP contribution is -2.49. The van der Waals surface area contributed by atoms with E-state index in [4.69, 9.17) is 4.74 Å². The fourth-order valence-corrected chi connectivity index (χ4v) is 2.39. The molecule has 2 unspecified atom stereocenters. The molecule has 0 radical (unpaired) electrons. The van der Waals surface area contributed by atoms with E-state index in [1.54, 1.807) is 24.1 Å². The zero-order valence-corrected chi connectivity index (χ0v) is 12.8. The van der Waals surface area contributed by atoms with Crippen LogP contribution in [0.3, 0.4) is 0 Å². The molecule has 128 valence electrons. The number of ether oxygens (including phenoxy) is 2. The summed E-state index contributed by atoms with van der Waals surface area (Å²) in [5, 5.41) is 9.21. The topological polar surface area (TPSA) is 59.0 Å². The molecular weight excluding hydrogens is 315 g/mol. The van der Waals surface area contributed by atoms with Crippen LogP contribution in [-0.2, 0) is 16.0 Å². The number of alkyl halides is 3. The summed E-state index contributed by atoms with van der Waals surface area (Å²) in [6.45, 7) is 0.428. The van der Waals surface area contributed by atoms with Crippen molar-refractivity contribution in [2.45, 2.75) is 31.3 Å². The molecule has 1 heterocycles. The zero-order chi connectivity index (χ0) is 17.3. The van der Waals surface area contributed by atoms with Crippen molar-refractivity contribution in [3.05, 3.63) is 29.8 Å². The lowest BCUT2D eigenvalue weighted by Gasteiger charge is -2.29. The first-order valence-corrected chi connectivity index (χ1v) is 7.00. The van der Waals surface area contributed by atoms with Crippen LogP contribution in [0.4, 0.5) is 13.2 Å². The Bertz CT molecular complexity index is 561. The van der Waals surface area contributed by atoms with Gasteiger partial charge in [0.1, 0.15) is 5.75 Å². The van der Waals surface area contributed by atoms with Crippen molar-refractivity contribution in [1.29, 1.82) is 0 Å². The highest BCUT2D eigenvalue weighted by Crippen LogP contribution is 2.28. The maximum Gasteiger partial charge on any atom is 0.422 e. The van der Waals surface area contributed by atoms with Gasteiger partial charge in [-0.1, -0.05) is 12.1 Å². The zero-order valence-electron chi connectivity index (χ0n) is 12.8. The summed E-state index contributed by atoms with van der Waals surface area (Å²) < 4.78 is 46.3. The minimum atomic E-state index is -4.37. The van der Waals surface area contributed by atoms with E-state index in [1.165, 1.54) is 19.1 Å². The van der Waals surface area contributed by atoms with Gasteiger partial charge in [-0.15, -0.1) is 0 Å². The molecule has 1 aliphatic rings. The second-order valence-corrected chi connectivity index (χ2v) is 5.62. The first kappa shape index (κ1) is 17.6. The first-order chi connectivity index (χ1) is 10.6. The Balaban J connectivity index is 1.95. The van der Waals surface area contributed by atoms with Gasteiger partial charge in [0.15, 0.2) is 6.61 Å². The third-order valence-corrected chi connectivity index (χ3v) is 3.97. The molecule has 23 heavy (non-hydrogen) atoms. The maximum absolute atomic E-state index is 12.1. The van der Waals surface area contributed by atoms with E-state index >= 15 is 0 Å². The molecule has 1 saturated heterocycles. The largest absolute Gasteiger partial charge is 0.484 e. The summed E-state index contributed by atoms with van der Waals surface area (Å²) in [7, 11) is 1.67. The van der Waals surface area contributed by atoms with Gasteiger partial charge in [0, 0.05) is 6.04 Å². The van der Waals surface area contributed by atoms with Crippen LogP contribution in [0.1, 0.15) is 12.5 Å². The predicted octanol–water partition coefficient (Wildman–Crippen LogP) is 2.30. The Morgan fingerprint density at radius 1 is 1.43 bits per heavy atom. The summed E-state index contributed by atoms with van der Waals surface area (Å²) in [5.74, 6) is -0.920. The van der Waals surface area contributed by atoms with Crippen LogP contribution in [0.5, 0.6) is 5.75 Å². The van der Waals surface area contributed by atoms with Crippen LogP contribution in [0.15, 0.2) is 24.3 Å². The molecule has 1 aliphatic heterocycles. The lowest BCUT2D eigenvalue weighted by molar-refractivity contribution is -0.171. The predicted molar refractivity (Wildman–Crippen MR) is 75.2 cm³/mol. The van der Waals surface area contributed by atoms with Crippen LogP contribution >= 0.6 is 0 Å². The monoisotopic (exact) mass is 333 g/mol. The average Bonchev–Trinajstić information content (AvgIpc) is 2.75. The van der Waals surface area contributed by atoms with E-state index in [2.05, 4.69) is 4.74 Å². The fraction of sp³-hybridized carbons (Fsp3) is 0.533. The van der Waals surface area contributed by atoms with Crippen molar-refractivity contribution in [1.82, 2.24) is 4.90 Å². The third kappa shape index (κ3) is 4.14. The van der Waals surface area contributed by atoms with Crippen molar-refractivity contribution >= 4 is 5.97 Å². The van der Waals surface area contributed by atoms with Gasteiger partial charge in [0.05, 0.1) is 6.61 Å². The standard InChI is InChI=1S/C15H18F3NO4/c1-14(13(20)21)19(2)11(8-23-14)7-10-3-5-12(6-4-10)22-9-15(16,17)18/h3-6,11H,7-9H2,1-2H3,(H,20,21). The second-order valence-electron chi connectivity index (χ2n) is 5.62. The average molecular weight is 333 g/mol. The molecule has 0 aliphatic carbocycles. The summed E-state index contributed by atoms with van der Waals surface area (Å²) in [5.41, 5.74) is -0.500. The molecular formula is C15H18F3NO4. The number of hydrogen-bond acceptors (Lipinski definition) is 4. The Morgan fingerprint density at radius 2 is 2.04 bits per heavy atom. The van der Waals surface area contributed by atoms with Crippen LogP contribution in [0.25, 0.3) is 0 Å². The van der Waals surface area contributed by atoms with Gasteiger partial charge in [0.2, 0.25) is 5.72 Å². The Kier molecular flexibility index (Phi) is 4.86. The van der Waals surface area contributed by atoms with Crippen molar-refractivity contribution < 1.29 is 32.5 Å². The first-order valence-electron chi connectivity index (χ1n) is 7.00. The molecule has 5 nitrogen and oxygen atoms in total. The number of likely N-dealkylation sites (N-methyl/N-ethyl adjacent to an activating group) is 1. The molecule has 1 aromatic carbocycles. The van der Waals surface area contributed by atoms with Gasteiger partial charge < -0.3 is 14.6 Å². The van der Waals surface area contributed by atoms with E-state index in [0.29, 0.717) is 6.42 Å². The van der Waals surface area contributed by atoms with Crippen LogP contribution in [-0.4, -0.2) is 54.2 Å². The molecule has 8 heteroatoms. The van der Waals surface area contributed by atoms with E-state index in [9.17, 15) is 23.1 Å². The minimum absolute atomic E-state index is 0.127. The molecule has 2 rings (SSSR count). The van der Waals surface area contributed by atoms with Crippen LogP contribution in [0, 0.1) is 0 Å². The number of benzene rings is 1. The molecule has 2 atom stereocenters. The highest BCUT2D eigenvalue weighted by Gasteiger charge is 2.47. The summed E-state index contributed by atoms with van der Waals surface area (Å²) in [6.07, 6.45) is -3.84. The van der Waals surface area contributed by atoms with Crippen molar-refractivity contribution in [3.63, 3.8) is 0 Å². The van der Waals surface area contributed by atoms with Gasteiger partial charge in [-0.25, -0.2) is 4.79 Å². The SMILES string of the molecule is CN1C(Cc2ccc(OCC(F)(F)F)cc2)COC1(C)C(=O)O. The van der Waals surface area contributed by atoms with E-state index < -0.39 is 24.5 Å². The van der Waals surface area contributed by atoms with E-state index in [1.807, 2.05) is 0 Å². The summed E-state index contributed by atoms with van der Waals surface area (Å²) >= 11 is 0. The molecule has 1 aromatic rings. The maximum atomic E-state index is 12.1. The lowest BCUT2D eigenvalue weighted by atomic mass is 10.0. The van der Waals surface area contributed by atoms with Crippen molar-refractivity contribution in [3.8, 4) is 5.75 Å². The van der Waals surface area contributed by atoms with E-state index in [-0.39, 0.29) is 18.4 Å². The fourth-order valence-electron chi connectivity index (χ4n) is 2.39. The third-order valence-electron chi connectivity index (χ3n) is 3.97. The van der Waals surface area contributed by atoms with Crippen LogP contribution in [0.2, 0.25) is 0 Å². The van der Waals surface area contributed by atoms with Gasteiger partial charge >= 0.3 is 12.1 Å². The van der Waals surface area contributed by atoms with Gasteiger partial charge in [-0.3, -0.25) is 4.90 Å². The minimum Gasteiger partial charge on any atom is -0.484 e. The Hall–Kier alpha value is -1.80. The molecule has 1 N–H and O–H groups in total. The number of halogens is 3. The number of carboxylic acid groups (broad SMARTS) is 1. The number of carbonyl (C=O) groups is 1. The summed E-state index contributed by atoms with van der Waals surface area (Å²) in [4.78, 5) is 12.9. The molecule has 0 saturated carbocycles. The number of carboxylic acids is 1. The van der Waals surface area contributed by atoms with Crippen LogP contribution < -0.4 is 4.74 Å². The number of rotatable bonds is 5. The number of aliphatic carboxylic acids is 1. The highest BCUT2D eigenvalue weighted by atomic mass is 19.4. The smallest absolute Gasteiger partial charge is 0.422 e. The quantitative estimate of drug-likeness (QED) is 0.896. The molecule has 0 amide bonds. The molecule has 0 aromatic heterocycles. The van der Waals surface area contributed by atoms with Crippen molar-refractivity contribution in [2.75, 3.05) is 20.3 Å². The molecule has 0 spiro atoms. The number of nitrogens with zero attached hydrogens (tertiary/aromatic N) is 1. The van der Waals surface area contributed by atoms with Gasteiger partial charge in [-0.05, 0) is 38.1 Å². The Morgan fingerprint density at radius 3 is 2.52 bits per heavy atom. The molecule has 0 bridgehead atoms.